The third kappa shape index (κ3) is 2.34. The first-order chi connectivity index (χ1) is 5.91. The molecule has 0 bridgehead atoms. The second-order valence-electron chi connectivity index (χ2n) is 3.31. The first-order valence-corrected chi connectivity index (χ1v) is 3.90. The van der Waals surface area contributed by atoms with E-state index in [9.17, 15) is 13.6 Å². The summed E-state index contributed by atoms with van der Waals surface area (Å²) in [4.78, 5) is 11.3. The Morgan fingerprint density at radius 3 is 2.08 bits per heavy atom. The monoisotopic (exact) mass is 184 g/mol. The van der Waals surface area contributed by atoms with E-state index in [4.69, 9.17) is 0 Å². The second kappa shape index (κ2) is 3.24. The van der Waals surface area contributed by atoms with E-state index in [-0.39, 0.29) is 5.56 Å². The number of alkyl halides is 1. The van der Waals surface area contributed by atoms with Gasteiger partial charge in [0.25, 0.3) is 0 Å². The predicted octanol–water partition coefficient (Wildman–Crippen LogP) is 2.76. The zero-order valence-corrected chi connectivity index (χ0v) is 7.47. The normalized spacial score (nSPS) is 11.4. The molecule has 1 nitrogen and oxygen atoms in total. The molecule has 1 rings (SSSR count). The van der Waals surface area contributed by atoms with E-state index in [0.29, 0.717) is 0 Å². The van der Waals surface area contributed by atoms with E-state index in [1.807, 2.05) is 0 Å². The molecule has 13 heavy (non-hydrogen) atoms. The number of hydrogen-bond acceptors (Lipinski definition) is 1. The van der Waals surface area contributed by atoms with Crippen molar-refractivity contribution in [2.24, 2.45) is 0 Å². The number of rotatable bonds is 2. The third-order valence-electron chi connectivity index (χ3n) is 1.65. The van der Waals surface area contributed by atoms with E-state index in [1.54, 1.807) is 0 Å². The Bertz CT molecular complexity index is 309. The number of ketones is 1. The van der Waals surface area contributed by atoms with Crippen LogP contribution in [0.3, 0.4) is 0 Å². The minimum Gasteiger partial charge on any atom is -0.291 e. The average molecular weight is 184 g/mol. The lowest BCUT2D eigenvalue weighted by Gasteiger charge is -2.11. The number of hydrogen-bond donors (Lipinski definition) is 0. The summed E-state index contributed by atoms with van der Waals surface area (Å²) >= 11 is 0. The highest BCUT2D eigenvalue weighted by molar-refractivity contribution is 6.01. The second-order valence-corrected chi connectivity index (χ2v) is 3.31. The molecule has 0 amide bonds. The maximum atomic E-state index is 13.1. The van der Waals surface area contributed by atoms with E-state index in [0.717, 1.165) is 12.1 Å². The maximum Gasteiger partial charge on any atom is 0.199 e. The van der Waals surface area contributed by atoms with Crippen molar-refractivity contribution in [1.82, 2.24) is 0 Å². The zero-order chi connectivity index (χ0) is 10.1. The summed E-state index contributed by atoms with van der Waals surface area (Å²) < 4.78 is 25.6. The molecule has 0 heterocycles. The number of carbonyl (C=O) groups is 1. The summed E-state index contributed by atoms with van der Waals surface area (Å²) in [7, 11) is 0. The van der Waals surface area contributed by atoms with Crippen molar-refractivity contribution in [1.29, 1.82) is 0 Å². The average Bonchev–Trinajstić information content (AvgIpc) is 2.03. The molecule has 0 aliphatic carbocycles. The van der Waals surface area contributed by atoms with Gasteiger partial charge in [0.05, 0.1) is 0 Å². The van der Waals surface area contributed by atoms with Gasteiger partial charge in [-0.2, -0.15) is 0 Å². The fourth-order valence-corrected chi connectivity index (χ4v) is 0.944. The molecule has 1 aromatic rings. The van der Waals surface area contributed by atoms with Crippen LogP contribution in [0, 0.1) is 5.82 Å². The van der Waals surface area contributed by atoms with Crippen molar-refractivity contribution in [3.63, 3.8) is 0 Å². The van der Waals surface area contributed by atoms with Gasteiger partial charge >= 0.3 is 0 Å². The van der Waals surface area contributed by atoms with Crippen LogP contribution in [0.2, 0.25) is 0 Å². The minimum absolute atomic E-state index is 0.189. The van der Waals surface area contributed by atoms with Crippen molar-refractivity contribution in [3.8, 4) is 0 Å². The molecule has 0 N–H and O–H groups in total. The zero-order valence-electron chi connectivity index (χ0n) is 7.47. The van der Waals surface area contributed by atoms with E-state index in [2.05, 4.69) is 0 Å². The van der Waals surface area contributed by atoms with Gasteiger partial charge in [0.1, 0.15) is 5.82 Å². The Balaban J connectivity index is 2.97. The van der Waals surface area contributed by atoms with Crippen LogP contribution in [-0.2, 0) is 0 Å². The molecule has 0 atom stereocenters. The highest BCUT2D eigenvalue weighted by Gasteiger charge is 2.27. The Kier molecular flexibility index (Phi) is 2.45. The molecule has 0 saturated heterocycles. The van der Waals surface area contributed by atoms with Gasteiger partial charge in [-0.15, -0.1) is 0 Å². The van der Waals surface area contributed by atoms with Crippen LogP contribution in [0.15, 0.2) is 24.3 Å². The number of carbonyl (C=O) groups excluding carboxylic acids is 1. The van der Waals surface area contributed by atoms with Gasteiger partial charge in [0.2, 0.25) is 0 Å². The van der Waals surface area contributed by atoms with Crippen LogP contribution in [-0.4, -0.2) is 11.5 Å². The molecular formula is C10H10F2O. The lowest BCUT2D eigenvalue weighted by atomic mass is 9.99. The highest BCUT2D eigenvalue weighted by atomic mass is 19.1. The molecule has 0 aliphatic heterocycles. The van der Waals surface area contributed by atoms with Crippen LogP contribution in [0.1, 0.15) is 24.2 Å². The quantitative estimate of drug-likeness (QED) is 0.646. The minimum atomic E-state index is -1.90. The van der Waals surface area contributed by atoms with Gasteiger partial charge in [-0.25, -0.2) is 8.78 Å². The van der Waals surface area contributed by atoms with E-state index in [1.165, 1.54) is 26.0 Å². The summed E-state index contributed by atoms with van der Waals surface area (Å²) in [5, 5.41) is 0. The summed E-state index contributed by atoms with van der Waals surface area (Å²) in [6.45, 7) is 2.36. The smallest absolute Gasteiger partial charge is 0.199 e. The molecule has 0 radical (unpaired) electrons. The van der Waals surface area contributed by atoms with Gasteiger partial charge in [-0.1, -0.05) is 0 Å². The number of Topliss-reactive ketones (excluding diaryl/α,β-unsaturated/α-hetero) is 1. The first kappa shape index (κ1) is 9.84. The molecule has 0 fully saturated rings. The van der Waals surface area contributed by atoms with Crippen LogP contribution >= 0.6 is 0 Å². The molecule has 1 aromatic carbocycles. The van der Waals surface area contributed by atoms with Crippen LogP contribution in [0.4, 0.5) is 8.78 Å². The van der Waals surface area contributed by atoms with Gasteiger partial charge in [-0.05, 0) is 38.1 Å². The summed E-state index contributed by atoms with van der Waals surface area (Å²) in [5.74, 6) is -1.07. The predicted molar refractivity (Wildman–Crippen MR) is 45.9 cm³/mol. The molecular weight excluding hydrogens is 174 g/mol. The Labute approximate surface area is 75.4 Å². The van der Waals surface area contributed by atoms with Crippen LogP contribution in [0.5, 0.6) is 0 Å². The molecule has 0 saturated carbocycles. The van der Waals surface area contributed by atoms with Crippen molar-refractivity contribution in [2.75, 3.05) is 0 Å². The standard InChI is InChI=1S/C10H10F2O/c1-10(2,12)9(13)7-3-5-8(11)6-4-7/h3-6H,1-2H3. The van der Waals surface area contributed by atoms with Crippen LogP contribution in [0.25, 0.3) is 0 Å². The van der Waals surface area contributed by atoms with E-state index >= 15 is 0 Å². The molecule has 0 aromatic heterocycles. The molecule has 3 heteroatoms. The Morgan fingerprint density at radius 1 is 1.23 bits per heavy atom. The fourth-order valence-electron chi connectivity index (χ4n) is 0.944. The molecule has 0 unspecified atom stereocenters. The van der Waals surface area contributed by atoms with E-state index < -0.39 is 17.3 Å². The lowest BCUT2D eigenvalue weighted by Crippen LogP contribution is -2.25. The van der Waals surface area contributed by atoms with Gasteiger partial charge in [0.15, 0.2) is 11.5 Å². The van der Waals surface area contributed by atoms with Gasteiger partial charge < -0.3 is 0 Å². The SMILES string of the molecule is CC(C)(F)C(=O)c1ccc(F)cc1. The van der Waals surface area contributed by atoms with Gasteiger partial charge in [0, 0.05) is 5.56 Å². The summed E-state index contributed by atoms with van der Waals surface area (Å²) in [5.41, 5.74) is -1.72. The van der Waals surface area contributed by atoms with Crippen molar-refractivity contribution >= 4 is 5.78 Å². The summed E-state index contributed by atoms with van der Waals surface area (Å²) in [6, 6.07) is 4.83. The van der Waals surface area contributed by atoms with Crippen molar-refractivity contribution < 1.29 is 13.6 Å². The Morgan fingerprint density at radius 2 is 1.69 bits per heavy atom. The third-order valence-corrected chi connectivity index (χ3v) is 1.65. The van der Waals surface area contributed by atoms with Crippen LogP contribution < -0.4 is 0 Å². The fraction of sp³-hybridized carbons (Fsp3) is 0.300. The van der Waals surface area contributed by atoms with Crippen molar-refractivity contribution in [2.45, 2.75) is 19.5 Å². The molecule has 0 aliphatic rings. The van der Waals surface area contributed by atoms with Gasteiger partial charge in [-0.3, -0.25) is 4.79 Å². The Hall–Kier alpha value is -1.25. The largest absolute Gasteiger partial charge is 0.291 e. The number of halogens is 2. The van der Waals surface area contributed by atoms with Crippen molar-refractivity contribution in [3.05, 3.63) is 35.6 Å². The lowest BCUT2D eigenvalue weighted by molar-refractivity contribution is 0.0760. The topological polar surface area (TPSA) is 17.1 Å². The number of benzene rings is 1. The highest BCUT2D eigenvalue weighted by Crippen LogP contribution is 2.16. The molecule has 0 spiro atoms. The summed E-state index contributed by atoms with van der Waals surface area (Å²) in [6.07, 6.45) is 0. The maximum absolute atomic E-state index is 13.1. The first-order valence-electron chi connectivity index (χ1n) is 3.90. The molecule has 70 valence electrons.